The van der Waals surface area contributed by atoms with Gasteiger partial charge in [-0.1, -0.05) is 19.3 Å². The van der Waals surface area contributed by atoms with Crippen LogP contribution in [0.5, 0.6) is 0 Å². The summed E-state index contributed by atoms with van der Waals surface area (Å²) in [5.41, 5.74) is 0. The Balaban J connectivity index is 2.62. The third kappa shape index (κ3) is 3.94. The fourth-order valence-corrected chi connectivity index (χ4v) is 2.51. The number of Topliss-reactive ketones (excluding diaryl/α,β-unsaturated/α-hetero) is 1. The average Bonchev–Trinajstić information content (AvgIpc) is 2.03. The molecule has 0 N–H and O–H groups in total. The van der Waals surface area contributed by atoms with Crippen LogP contribution in [-0.4, -0.2) is 27.9 Å². The third-order valence-electron chi connectivity index (χ3n) is 2.41. The highest BCUT2D eigenvalue weighted by molar-refractivity contribution is 8.01. The number of hydrogen-bond donors (Lipinski definition) is 0. The molecule has 0 unspecified atom stereocenters. The summed E-state index contributed by atoms with van der Waals surface area (Å²) >= 11 is 0. The van der Waals surface area contributed by atoms with Crippen LogP contribution in [0.4, 0.5) is 0 Å². The Morgan fingerprint density at radius 3 is 2.23 bits per heavy atom. The second-order valence-corrected chi connectivity index (χ2v) is 7.02. The molecule has 0 spiro atoms. The summed E-state index contributed by atoms with van der Waals surface area (Å²) < 4.78 is 11.4. The number of carbonyl (C=O) groups is 1. The molecule has 2 nitrogen and oxygen atoms in total. The Morgan fingerprint density at radius 2 is 1.77 bits per heavy atom. The third-order valence-corrected chi connectivity index (χ3v) is 3.21. The molecule has 0 bridgehead atoms. The molecule has 0 amide bonds. The largest absolute Gasteiger partial charge is 0.294 e. The number of rotatable bonds is 2. The molecule has 1 saturated carbocycles. The van der Waals surface area contributed by atoms with Crippen molar-refractivity contribution >= 4 is 20.7 Å². The quantitative estimate of drug-likeness (QED) is 0.636. The zero-order valence-corrected chi connectivity index (χ0v) is 9.23. The molecular formula is C10H18O2S. The van der Waals surface area contributed by atoms with Gasteiger partial charge in [-0.15, -0.1) is 0 Å². The molecule has 13 heavy (non-hydrogen) atoms. The average molecular weight is 202 g/mol. The fraction of sp³-hybridized carbons (Fsp3) is 0.800. The minimum atomic E-state index is -2.00. The van der Waals surface area contributed by atoms with Gasteiger partial charge >= 0.3 is 0 Å². The maximum Gasteiger partial charge on any atom is 0.166 e. The Hall–Kier alpha value is -0.310. The van der Waals surface area contributed by atoms with Crippen molar-refractivity contribution in [2.75, 3.05) is 12.5 Å². The van der Waals surface area contributed by atoms with Gasteiger partial charge in [-0.2, -0.15) is 0 Å². The molecule has 0 radical (unpaired) electrons. The predicted octanol–water partition coefficient (Wildman–Crippen LogP) is 1.48. The van der Waals surface area contributed by atoms with Crippen molar-refractivity contribution in [2.24, 2.45) is 5.92 Å². The van der Waals surface area contributed by atoms with Crippen LogP contribution in [0, 0.1) is 5.92 Å². The number of carbonyl (C=O) groups excluding carboxylic acids is 1. The standard InChI is InChI=1S/C10H18O2S/c1-13(2,12)8-10(11)9-6-4-3-5-7-9/h8-9H,3-7H2,1-2H3. The van der Waals surface area contributed by atoms with Gasteiger partial charge in [0.25, 0.3) is 0 Å². The van der Waals surface area contributed by atoms with Gasteiger partial charge in [0.15, 0.2) is 5.78 Å². The van der Waals surface area contributed by atoms with Gasteiger partial charge in [0.2, 0.25) is 0 Å². The van der Waals surface area contributed by atoms with Crippen molar-refractivity contribution in [3.63, 3.8) is 0 Å². The summed E-state index contributed by atoms with van der Waals surface area (Å²) in [5, 5.41) is 1.43. The molecule has 0 saturated heterocycles. The van der Waals surface area contributed by atoms with Gasteiger partial charge in [0.05, 0.1) is 0 Å². The van der Waals surface area contributed by atoms with Gasteiger partial charge < -0.3 is 0 Å². The monoisotopic (exact) mass is 202 g/mol. The molecule has 1 rings (SSSR count). The van der Waals surface area contributed by atoms with Crippen molar-refractivity contribution < 1.29 is 9.00 Å². The summed E-state index contributed by atoms with van der Waals surface area (Å²) in [5.74, 6) is 0.268. The highest BCUT2D eigenvalue weighted by atomic mass is 32.2. The molecule has 0 heterocycles. The van der Waals surface area contributed by atoms with Crippen molar-refractivity contribution in [1.29, 1.82) is 0 Å². The van der Waals surface area contributed by atoms with E-state index in [-0.39, 0.29) is 11.7 Å². The first-order valence-electron chi connectivity index (χ1n) is 4.82. The van der Waals surface area contributed by atoms with Crippen LogP contribution in [0.2, 0.25) is 0 Å². The predicted molar refractivity (Wildman–Crippen MR) is 57.6 cm³/mol. The first-order chi connectivity index (χ1) is 5.99. The van der Waals surface area contributed by atoms with Gasteiger partial charge in [-0.25, -0.2) is 0 Å². The SMILES string of the molecule is CS(C)(=O)=CC(=O)C1CCCCC1. The van der Waals surface area contributed by atoms with E-state index in [2.05, 4.69) is 0 Å². The summed E-state index contributed by atoms with van der Waals surface area (Å²) in [4.78, 5) is 11.6. The highest BCUT2D eigenvalue weighted by Gasteiger charge is 2.19. The van der Waals surface area contributed by atoms with Gasteiger partial charge in [0, 0.05) is 23.8 Å². The maximum absolute atomic E-state index is 11.6. The number of ketones is 1. The topological polar surface area (TPSA) is 34.1 Å². The summed E-state index contributed by atoms with van der Waals surface area (Å²) in [6.45, 7) is 0. The summed E-state index contributed by atoms with van der Waals surface area (Å²) in [6.07, 6.45) is 8.77. The Kier molecular flexibility index (Phi) is 3.54. The van der Waals surface area contributed by atoms with Gasteiger partial charge in [0.1, 0.15) is 0 Å². The van der Waals surface area contributed by atoms with Crippen LogP contribution in [0.3, 0.4) is 0 Å². The molecule has 0 atom stereocenters. The van der Waals surface area contributed by atoms with E-state index in [1.807, 2.05) is 0 Å². The van der Waals surface area contributed by atoms with Crippen LogP contribution in [0.25, 0.3) is 0 Å². The van der Waals surface area contributed by atoms with E-state index in [9.17, 15) is 9.00 Å². The van der Waals surface area contributed by atoms with E-state index in [0.717, 1.165) is 25.7 Å². The lowest BCUT2D eigenvalue weighted by Gasteiger charge is -2.18. The number of hydrogen-bond acceptors (Lipinski definition) is 2. The smallest absolute Gasteiger partial charge is 0.166 e. The first-order valence-corrected chi connectivity index (χ1v) is 7.25. The lowest BCUT2D eigenvalue weighted by Crippen LogP contribution is -2.21. The van der Waals surface area contributed by atoms with E-state index in [1.165, 1.54) is 11.8 Å². The van der Waals surface area contributed by atoms with Crippen molar-refractivity contribution in [3.8, 4) is 0 Å². The van der Waals surface area contributed by atoms with Crippen LogP contribution >= 0.6 is 0 Å². The van der Waals surface area contributed by atoms with Crippen molar-refractivity contribution in [2.45, 2.75) is 32.1 Å². The Labute approximate surface area is 80.7 Å². The molecule has 0 aliphatic heterocycles. The van der Waals surface area contributed by atoms with Crippen molar-refractivity contribution in [3.05, 3.63) is 0 Å². The van der Waals surface area contributed by atoms with Crippen molar-refractivity contribution in [1.82, 2.24) is 0 Å². The Bertz CT molecular complexity index is 284. The molecule has 0 aromatic carbocycles. The van der Waals surface area contributed by atoms with E-state index < -0.39 is 9.52 Å². The summed E-state index contributed by atoms with van der Waals surface area (Å²) in [7, 11) is -2.00. The molecule has 1 aliphatic carbocycles. The maximum atomic E-state index is 11.6. The molecular weight excluding hydrogens is 184 g/mol. The zero-order valence-electron chi connectivity index (χ0n) is 8.41. The lowest BCUT2D eigenvalue weighted by atomic mass is 9.87. The molecule has 1 aliphatic rings. The Morgan fingerprint density at radius 1 is 1.23 bits per heavy atom. The van der Waals surface area contributed by atoms with Gasteiger partial charge in [-0.05, 0) is 22.4 Å². The minimum Gasteiger partial charge on any atom is -0.294 e. The van der Waals surface area contributed by atoms with E-state index in [0.29, 0.717) is 0 Å². The summed E-state index contributed by atoms with van der Waals surface area (Å²) in [6, 6.07) is 0. The molecule has 1 fully saturated rings. The molecule has 3 heteroatoms. The second kappa shape index (κ2) is 4.27. The fourth-order valence-electron chi connectivity index (χ4n) is 1.76. The first kappa shape index (κ1) is 10.8. The van der Waals surface area contributed by atoms with Crippen LogP contribution < -0.4 is 0 Å². The van der Waals surface area contributed by atoms with E-state index >= 15 is 0 Å². The highest BCUT2D eigenvalue weighted by Crippen LogP contribution is 2.23. The minimum absolute atomic E-state index is 0.106. The van der Waals surface area contributed by atoms with E-state index in [4.69, 9.17) is 0 Å². The second-order valence-electron chi connectivity index (χ2n) is 4.16. The lowest BCUT2D eigenvalue weighted by molar-refractivity contribution is -0.116. The molecule has 76 valence electrons. The van der Waals surface area contributed by atoms with Gasteiger partial charge in [-0.3, -0.25) is 9.00 Å². The van der Waals surface area contributed by atoms with E-state index in [1.54, 1.807) is 12.5 Å². The molecule has 0 aromatic heterocycles. The van der Waals surface area contributed by atoms with Crippen LogP contribution in [-0.2, 0) is 14.3 Å². The normalized spacial score (nSPS) is 19.8. The van der Waals surface area contributed by atoms with Crippen LogP contribution in [0.1, 0.15) is 32.1 Å². The zero-order chi connectivity index (χ0) is 9.90. The molecule has 0 aromatic rings. The van der Waals surface area contributed by atoms with Crippen LogP contribution in [0.15, 0.2) is 0 Å².